The summed E-state index contributed by atoms with van der Waals surface area (Å²) in [6, 6.07) is 4.75. The topological polar surface area (TPSA) is 117 Å². The predicted octanol–water partition coefficient (Wildman–Crippen LogP) is 1.44. The first kappa shape index (κ1) is 23.1. The SMILES string of the molecule is Cc1c(Cc2ccc(Br)cc2F)c(O[C@@H]2O[C@H](CO)[C@@H](O)[C@H](O)[C@H]2O)nn1C(C)C. The Morgan fingerprint density at radius 1 is 1.23 bits per heavy atom. The van der Waals surface area contributed by atoms with Crippen LogP contribution in [0.25, 0.3) is 0 Å². The second kappa shape index (κ2) is 9.29. The van der Waals surface area contributed by atoms with E-state index in [1.165, 1.54) is 6.07 Å². The standard InChI is InChI=1S/C20H26BrFN2O6/c1-9(2)24-10(3)13(6-11-4-5-12(21)7-14(11)22)19(23-24)30-20-18(28)17(27)16(26)15(8-25)29-20/h4-5,7,9,15-18,20,25-28H,6,8H2,1-3H3/t15-,16-,17+,18-,20+/m1/s1. The highest BCUT2D eigenvalue weighted by molar-refractivity contribution is 9.10. The molecule has 1 aromatic carbocycles. The lowest BCUT2D eigenvalue weighted by Crippen LogP contribution is -2.60. The third-order valence-corrected chi connectivity index (χ3v) is 5.68. The average molecular weight is 489 g/mol. The molecule has 0 spiro atoms. The van der Waals surface area contributed by atoms with Crippen molar-refractivity contribution < 1.29 is 34.3 Å². The fraction of sp³-hybridized carbons (Fsp3) is 0.550. The number of hydrogen-bond acceptors (Lipinski definition) is 7. The van der Waals surface area contributed by atoms with Crippen LogP contribution in [0.1, 0.15) is 36.7 Å². The number of benzene rings is 1. The van der Waals surface area contributed by atoms with Crippen LogP contribution in [0.5, 0.6) is 5.88 Å². The lowest BCUT2D eigenvalue weighted by Gasteiger charge is -2.39. The van der Waals surface area contributed by atoms with Crippen LogP contribution in [0, 0.1) is 12.7 Å². The average Bonchev–Trinajstić information content (AvgIpc) is 3.00. The van der Waals surface area contributed by atoms with Crippen molar-refractivity contribution in [3.05, 3.63) is 45.3 Å². The summed E-state index contributed by atoms with van der Waals surface area (Å²) in [7, 11) is 0. The minimum atomic E-state index is -1.57. The molecule has 30 heavy (non-hydrogen) atoms. The van der Waals surface area contributed by atoms with E-state index in [0.29, 0.717) is 15.6 Å². The zero-order valence-corrected chi connectivity index (χ0v) is 18.5. The summed E-state index contributed by atoms with van der Waals surface area (Å²) < 4.78 is 28.0. The molecule has 0 amide bonds. The Kier molecular flexibility index (Phi) is 7.16. The van der Waals surface area contributed by atoms with Gasteiger partial charge in [0.2, 0.25) is 12.2 Å². The normalized spacial score (nSPS) is 26.9. The van der Waals surface area contributed by atoms with Crippen LogP contribution in [0.2, 0.25) is 0 Å². The lowest BCUT2D eigenvalue weighted by molar-refractivity contribution is -0.278. The highest BCUT2D eigenvalue weighted by Gasteiger charge is 2.45. The van der Waals surface area contributed by atoms with Gasteiger partial charge in [0.1, 0.15) is 30.2 Å². The van der Waals surface area contributed by atoms with Crippen molar-refractivity contribution in [1.29, 1.82) is 0 Å². The molecule has 1 aliphatic rings. The number of aliphatic hydroxyl groups is 4. The zero-order valence-electron chi connectivity index (χ0n) is 16.9. The minimum Gasteiger partial charge on any atom is -0.443 e. The molecule has 2 heterocycles. The molecule has 2 aromatic rings. The molecular weight excluding hydrogens is 463 g/mol. The first-order valence-electron chi connectivity index (χ1n) is 9.63. The van der Waals surface area contributed by atoms with Crippen LogP contribution in [0.3, 0.4) is 0 Å². The molecular formula is C20H26BrFN2O6. The van der Waals surface area contributed by atoms with Crippen molar-refractivity contribution in [2.45, 2.75) is 63.9 Å². The molecule has 0 bridgehead atoms. The van der Waals surface area contributed by atoms with Gasteiger partial charge in [0, 0.05) is 28.2 Å². The molecule has 0 saturated carbocycles. The molecule has 1 aromatic heterocycles. The van der Waals surface area contributed by atoms with Gasteiger partial charge in [0.05, 0.1) is 6.61 Å². The third kappa shape index (κ3) is 4.53. The first-order chi connectivity index (χ1) is 14.1. The van der Waals surface area contributed by atoms with E-state index in [2.05, 4.69) is 21.0 Å². The fourth-order valence-electron chi connectivity index (χ4n) is 3.46. The summed E-state index contributed by atoms with van der Waals surface area (Å²) in [6.07, 6.45) is -6.91. The lowest BCUT2D eigenvalue weighted by atomic mass is 9.99. The number of aromatic nitrogens is 2. The first-order valence-corrected chi connectivity index (χ1v) is 10.4. The molecule has 1 saturated heterocycles. The van der Waals surface area contributed by atoms with Crippen molar-refractivity contribution in [2.24, 2.45) is 0 Å². The molecule has 5 atom stereocenters. The van der Waals surface area contributed by atoms with Crippen LogP contribution in [-0.4, -0.2) is 67.5 Å². The Morgan fingerprint density at radius 3 is 2.53 bits per heavy atom. The summed E-state index contributed by atoms with van der Waals surface area (Å²) in [5, 5.41) is 44.1. The van der Waals surface area contributed by atoms with Gasteiger partial charge in [-0.1, -0.05) is 22.0 Å². The number of hydrogen-bond donors (Lipinski definition) is 4. The van der Waals surface area contributed by atoms with Gasteiger partial charge in [-0.25, -0.2) is 4.39 Å². The molecule has 10 heteroatoms. The van der Waals surface area contributed by atoms with Crippen LogP contribution >= 0.6 is 15.9 Å². The summed E-state index contributed by atoms with van der Waals surface area (Å²) in [5.41, 5.74) is 1.79. The number of ether oxygens (including phenoxy) is 2. The van der Waals surface area contributed by atoms with Gasteiger partial charge in [0.25, 0.3) is 0 Å². The monoisotopic (exact) mass is 488 g/mol. The largest absolute Gasteiger partial charge is 0.443 e. The molecule has 3 rings (SSSR count). The molecule has 8 nitrogen and oxygen atoms in total. The van der Waals surface area contributed by atoms with Gasteiger partial charge in [-0.15, -0.1) is 5.10 Å². The molecule has 1 aliphatic heterocycles. The van der Waals surface area contributed by atoms with E-state index in [1.807, 2.05) is 20.8 Å². The Labute approximate surface area is 182 Å². The van der Waals surface area contributed by atoms with Gasteiger partial charge in [-0.2, -0.15) is 0 Å². The fourth-order valence-corrected chi connectivity index (χ4v) is 3.79. The second-order valence-corrected chi connectivity index (χ2v) is 8.55. The van der Waals surface area contributed by atoms with E-state index >= 15 is 0 Å². The number of aliphatic hydroxyl groups excluding tert-OH is 4. The van der Waals surface area contributed by atoms with Gasteiger partial charge >= 0.3 is 0 Å². The summed E-state index contributed by atoms with van der Waals surface area (Å²) >= 11 is 3.24. The van der Waals surface area contributed by atoms with Crippen molar-refractivity contribution >= 4 is 15.9 Å². The van der Waals surface area contributed by atoms with Crippen molar-refractivity contribution in [3.63, 3.8) is 0 Å². The van der Waals surface area contributed by atoms with Crippen LogP contribution in [-0.2, 0) is 11.2 Å². The van der Waals surface area contributed by atoms with Crippen molar-refractivity contribution in [2.75, 3.05) is 6.61 Å². The quantitative estimate of drug-likeness (QED) is 0.485. The Bertz CT molecular complexity index is 890. The number of rotatable bonds is 6. The van der Waals surface area contributed by atoms with E-state index in [9.17, 15) is 24.8 Å². The van der Waals surface area contributed by atoms with E-state index in [0.717, 1.165) is 5.69 Å². The van der Waals surface area contributed by atoms with Crippen LogP contribution in [0.4, 0.5) is 4.39 Å². The summed E-state index contributed by atoms with van der Waals surface area (Å²) in [5.74, 6) is -0.271. The van der Waals surface area contributed by atoms with E-state index in [1.54, 1.807) is 16.8 Å². The molecule has 0 aliphatic carbocycles. The maximum absolute atomic E-state index is 14.4. The van der Waals surface area contributed by atoms with Gasteiger partial charge in [-0.3, -0.25) is 4.68 Å². The van der Waals surface area contributed by atoms with Gasteiger partial charge in [0.15, 0.2) is 0 Å². The van der Waals surface area contributed by atoms with Crippen molar-refractivity contribution in [3.8, 4) is 5.88 Å². The van der Waals surface area contributed by atoms with Gasteiger partial charge in [-0.05, 0) is 38.5 Å². The molecule has 1 fully saturated rings. The van der Waals surface area contributed by atoms with E-state index in [4.69, 9.17) is 9.47 Å². The molecule has 0 radical (unpaired) electrons. The second-order valence-electron chi connectivity index (χ2n) is 7.64. The number of halogens is 2. The Hall–Kier alpha value is -1.56. The highest BCUT2D eigenvalue weighted by Crippen LogP contribution is 2.31. The Balaban J connectivity index is 1.94. The zero-order chi connectivity index (χ0) is 22.2. The Morgan fingerprint density at radius 2 is 1.93 bits per heavy atom. The van der Waals surface area contributed by atoms with Gasteiger partial charge < -0.3 is 29.9 Å². The molecule has 4 N–H and O–H groups in total. The van der Waals surface area contributed by atoms with Crippen LogP contribution < -0.4 is 4.74 Å². The minimum absolute atomic E-state index is 0.00864. The maximum atomic E-state index is 14.4. The maximum Gasteiger partial charge on any atom is 0.239 e. The van der Waals surface area contributed by atoms with E-state index < -0.39 is 37.3 Å². The number of nitrogens with zero attached hydrogens (tertiary/aromatic N) is 2. The molecule has 0 unspecified atom stereocenters. The van der Waals surface area contributed by atoms with Crippen LogP contribution in [0.15, 0.2) is 22.7 Å². The predicted molar refractivity (Wildman–Crippen MR) is 109 cm³/mol. The van der Waals surface area contributed by atoms with Crippen molar-refractivity contribution in [1.82, 2.24) is 9.78 Å². The highest BCUT2D eigenvalue weighted by atomic mass is 79.9. The molecule has 166 valence electrons. The van der Waals surface area contributed by atoms with E-state index in [-0.39, 0.29) is 24.2 Å². The summed E-state index contributed by atoms with van der Waals surface area (Å²) in [6.45, 7) is 5.13. The summed E-state index contributed by atoms with van der Waals surface area (Å²) in [4.78, 5) is 0. The third-order valence-electron chi connectivity index (χ3n) is 5.18. The smallest absolute Gasteiger partial charge is 0.239 e.